The summed E-state index contributed by atoms with van der Waals surface area (Å²) in [5.74, 6) is 1.79. The second-order valence-corrected chi connectivity index (χ2v) is 11.4. The maximum Gasteiger partial charge on any atom is 0.191 e. The maximum atomic E-state index is 14.1. The molecule has 0 radical (unpaired) electrons. The van der Waals surface area contributed by atoms with Gasteiger partial charge in [-0.25, -0.2) is 0 Å². The molecule has 2 atom stereocenters. The van der Waals surface area contributed by atoms with Crippen LogP contribution in [0.1, 0.15) is 33.8 Å². The first-order valence-electron chi connectivity index (χ1n) is 12.4. The number of methoxy groups -OCH3 is 1. The van der Waals surface area contributed by atoms with Gasteiger partial charge in [0, 0.05) is 40.1 Å². The SMILES string of the molecule is COc1ccc(C2CC(N3CCOCC3)SC(SCc3ccccc3)=C2C(=O)c2ccccc2)cc1. The molecule has 186 valence electrons. The summed E-state index contributed by atoms with van der Waals surface area (Å²) < 4.78 is 12.2. The molecule has 0 saturated carbocycles. The Morgan fingerprint density at radius 2 is 1.64 bits per heavy atom. The molecule has 3 aromatic carbocycles. The van der Waals surface area contributed by atoms with Crippen molar-refractivity contribution in [2.45, 2.75) is 23.5 Å². The number of hydrogen-bond donors (Lipinski definition) is 0. The van der Waals surface area contributed by atoms with E-state index in [4.69, 9.17) is 9.47 Å². The summed E-state index contributed by atoms with van der Waals surface area (Å²) in [7, 11) is 1.68. The summed E-state index contributed by atoms with van der Waals surface area (Å²) in [4.78, 5) is 16.6. The van der Waals surface area contributed by atoms with E-state index < -0.39 is 0 Å². The quantitative estimate of drug-likeness (QED) is 0.314. The smallest absolute Gasteiger partial charge is 0.191 e. The molecule has 0 bridgehead atoms. The van der Waals surface area contributed by atoms with Crippen molar-refractivity contribution in [1.29, 1.82) is 0 Å². The largest absolute Gasteiger partial charge is 0.497 e. The predicted octanol–water partition coefficient (Wildman–Crippen LogP) is 6.60. The van der Waals surface area contributed by atoms with E-state index in [1.807, 2.05) is 60.3 Å². The van der Waals surface area contributed by atoms with Crippen molar-refractivity contribution in [3.63, 3.8) is 0 Å². The van der Waals surface area contributed by atoms with Gasteiger partial charge in [-0.1, -0.05) is 84.6 Å². The van der Waals surface area contributed by atoms with Crippen LogP contribution in [0, 0.1) is 0 Å². The first-order chi connectivity index (χ1) is 17.7. The van der Waals surface area contributed by atoms with Crippen molar-refractivity contribution >= 4 is 29.3 Å². The summed E-state index contributed by atoms with van der Waals surface area (Å²) in [6, 6.07) is 28.4. The van der Waals surface area contributed by atoms with Gasteiger partial charge >= 0.3 is 0 Å². The fourth-order valence-electron chi connectivity index (χ4n) is 4.76. The molecule has 2 aliphatic heterocycles. The normalized spacial score (nSPS) is 20.8. The Balaban J connectivity index is 1.56. The highest BCUT2D eigenvalue weighted by molar-refractivity contribution is 8.22. The van der Waals surface area contributed by atoms with E-state index in [0.717, 1.165) is 65.2 Å². The van der Waals surface area contributed by atoms with Crippen LogP contribution in [-0.4, -0.2) is 49.5 Å². The highest BCUT2D eigenvalue weighted by Crippen LogP contribution is 2.51. The molecule has 4 nitrogen and oxygen atoms in total. The van der Waals surface area contributed by atoms with Crippen LogP contribution in [0.25, 0.3) is 0 Å². The minimum Gasteiger partial charge on any atom is -0.497 e. The first-order valence-corrected chi connectivity index (χ1v) is 14.2. The zero-order chi connectivity index (χ0) is 24.7. The van der Waals surface area contributed by atoms with Crippen LogP contribution in [0.4, 0.5) is 0 Å². The van der Waals surface area contributed by atoms with Gasteiger partial charge in [0.25, 0.3) is 0 Å². The molecular formula is C30H31NO3S2. The lowest BCUT2D eigenvalue weighted by Gasteiger charge is -2.40. The number of thioether (sulfide) groups is 2. The summed E-state index contributed by atoms with van der Waals surface area (Å²) >= 11 is 3.66. The molecule has 0 aliphatic carbocycles. The minimum atomic E-state index is 0.0102. The maximum absolute atomic E-state index is 14.1. The summed E-state index contributed by atoms with van der Waals surface area (Å²) in [5, 5.41) is 0.298. The number of hydrogen-bond acceptors (Lipinski definition) is 6. The van der Waals surface area contributed by atoms with Gasteiger partial charge in [-0.05, 0) is 29.7 Å². The zero-order valence-electron chi connectivity index (χ0n) is 20.5. The molecule has 0 N–H and O–H groups in total. The standard InChI is InChI=1S/C30H31NO3S2/c1-33-25-14-12-23(13-15-25)26-20-27(31-16-18-34-19-17-31)36-30(35-21-22-8-4-2-5-9-22)28(26)29(32)24-10-6-3-7-11-24/h2-15,26-27H,16-21H2,1H3. The van der Waals surface area contributed by atoms with Crippen molar-refractivity contribution in [1.82, 2.24) is 4.90 Å². The lowest BCUT2D eigenvalue weighted by molar-refractivity contribution is 0.0306. The molecule has 2 aliphatic rings. The number of allylic oxidation sites excluding steroid dienone is 1. The molecule has 1 fully saturated rings. The number of rotatable bonds is 8. The van der Waals surface area contributed by atoms with E-state index in [9.17, 15) is 4.79 Å². The topological polar surface area (TPSA) is 38.8 Å². The molecule has 0 amide bonds. The highest BCUT2D eigenvalue weighted by atomic mass is 32.2. The molecule has 36 heavy (non-hydrogen) atoms. The van der Waals surface area contributed by atoms with Gasteiger partial charge in [0.2, 0.25) is 0 Å². The summed E-state index contributed by atoms with van der Waals surface area (Å²) in [6.07, 6.45) is 0.889. The van der Waals surface area contributed by atoms with E-state index in [2.05, 4.69) is 41.3 Å². The molecule has 2 unspecified atom stereocenters. The third-order valence-electron chi connectivity index (χ3n) is 6.71. The van der Waals surface area contributed by atoms with E-state index in [-0.39, 0.29) is 11.7 Å². The van der Waals surface area contributed by atoms with Crippen molar-refractivity contribution in [2.24, 2.45) is 0 Å². The van der Waals surface area contributed by atoms with E-state index in [1.165, 1.54) is 5.56 Å². The number of ether oxygens (including phenoxy) is 2. The average molecular weight is 518 g/mol. The van der Waals surface area contributed by atoms with Crippen LogP contribution in [0.15, 0.2) is 94.7 Å². The molecule has 6 heteroatoms. The minimum absolute atomic E-state index is 0.0102. The molecule has 2 heterocycles. The van der Waals surface area contributed by atoms with Gasteiger partial charge in [-0.3, -0.25) is 9.69 Å². The van der Waals surface area contributed by atoms with Crippen molar-refractivity contribution in [3.05, 3.63) is 111 Å². The second kappa shape index (κ2) is 12.2. The van der Waals surface area contributed by atoms with Crippen molar-refractivity contribution in [3.8, 4) is 5.75 Å². The van der Waals surface area contributed by atoms with E-state index >= 15 is 0 Å². The number of carbonyl (C=O) groups is 1. The Bertz CT molecular complexity index is 1180. The van der Waals surface area contributed by atoms with Crippen LogP contribution in [0.3, 0.4) is 0 Å². The Morgan fingerprint density at radius 3 is 2.31 bits per heavy atom. The Kier molecular flexibility index (Phi) is 8.49. The van der Waals surface area contributed by atoms with Crippen LogP contribution in [-0.2, 0) is 10.5 Å². The van der Waals surface area contributed by atoms with Crippen LogP contribution < -0.4 is 4.74 Å². The molecule has 1 saturated heterocycles. The monoisotopic (exact) mass is 517 g/mol. The van der Waals surface area contributed by atoms with Crippen LogP contribution in [0.5, 0.6) is 5.75 Å². The lowest BCUT2D eigenvalue weighted by atomic mass is 9.84. The Labute approximate surface area is 222 Å². The Morgan fingerprint density at radius 1 is 0.972 bits per heavy atom. The number of benzene rings is 3. The number of Topliss-reactive ketones (excluding diaryl/α,β-unsaturated/α-hetero) is 1. The molecule has 0 spiro atoms. The fraction of sp³-hybridized carbons (Fsp3) is 0.300. The predicted molar refractivity (Wildman–Crippen MR) is 150 cm³/mol. The van der Waals surface area contributed by atoms with Crippen molar-refractivity contribution < 1.29 is 14.3 Å². The number of morpholine rings is 1. The van der Waals surface area contributed by atoms with Gasteiger partial charge in [-0.15, -0.1) is 11.8 Å². The molecule has 3 aromatic rings. The molecule has 5 rings (SSSR count). The summed E-state index contributed by atoms with van der Waals surface area (Å²) in [5.41, 5.74) is 4.08. The fourth-order valence-corrected chi connectivity index (χ4v) is 7.68. The third-order valence-corrected chi connectivity index (χ3v) is 9.51. The zero-order valence-corrected chi connectivity index (χ0v) is 22.1. The number of ketones is 1. The van der Waals surface area contributed by atoms with Crippen LogP contribution in [0.2, 0.25) is 0 Å². The van der Waals surface area contributed by atoms with Crippen LogP contribution >= 0.6 is 23.5 Å². The number of carbonyl (C=O) groups excluding carboxylic acids is 1. The molecular weight excluding hydrogens is 486 g/mol. The summed E-state index contributed by atoms with van der Waals surface area (Å²) in [6.45, 7) is 3.36. The average Bonchev–Trinajstić information content (AvgIpc) is 2.96. The third kappa shape index (κ3) is 5.89. The Hall–Kier alpha value is -2.51. The van der Waals surface area contributed by atoms with E-state index in [1.54, 1.807) is 18.9 Å². The number of nitrogens with zero attached hydrogens (tertiary/aromatic N) is 1. The van der Waals surface area contributed by atoms with Gasteiger partial charge in [-0.2, -0.15) is 0 Å². The van der Waals surface area contributed by atoms with E-state index in [0.29, 0.717) is 5.37 Å². The highest BCUT2D eigenvalue weighted by Gasteiger charge is 2.38. The van der Waals surface area contributed by atoms with Gasteiger partial charge in [0.05, 0.1) is 25.7 Å². The van der Waals surface area contributed by atoms with Gasteiger partial charge < -0.3 is 9.47 Å². The van der Waals surface area contributed by atoms with Crippen molar-refractivity contribution in [2.75, 3.05) is 33.4 Å². The molecule has 0 aromatic heterocycles. The second-order valence-electron chi connectivity index (χ2n) is 8.95. The lowest BCUT2D eigenvalue weighted by Crippen LogP contribution is -2.44. The van der Waals surface area contributed by atoms with Gasteiger partial charge in [0.15, 0.2) is 5.78 Å². The first kappa shape index (κ1) is 25.2. The van der Waals surface area contributed by atoms with Gasteiger partial charge in [0.1, 0.15) is 5.75 Å².